The molecule has 94 valence electrons. The molecule has 2 aliphatic heterocycles. The molecule has 0 aromatic heterocycles. The van der Waals surface area contributed by atoms with E-state index in [1.165, 1.54) is 0 Å². The van der Waals surface area contributed by atoms with Crippen molar-refractivity contribution in [1.82, 2.24) is 10.2 Å². The average Bonchev–Trinajstić information content (AvgIpc) is 2.85. The first kappa shape index (κ1) is 11.9. The molecule has 0 aromatic carbocycles. The standard InChI is InChI=1S/C11H16N2O4/c14-9-4-3-8(12-9)11(17)13-5-1-2-7(13)6-10(15)16/h7-8H,1-6H2,(H,12,14)(H,15,16). The Morgan fingerprint density at radius 2 is 2.18 bits per heavy atom. The number of carbonyl (C=O) groups excluding carboxylic acids is 2. The molecule has 6 nitrogen and oxygen atoms in total. The molecule has 0 saturated carbocycles. The third-order valence-corrected chi connectivity index (χ3v) is 3.36. The minimum Gasteiger partial charge on any atom is -0.481 e. The minimum absolute atomic E-state index is 0.00753. The van der Waals surface area contributed by atoms with E-state index in [2.05, 4.69) is 5.32 Å². The van der Waals surface area contributed by atoms with E-state index in [9.17, 15) is 14.4 Å². The fourth-order valence-electron chi connectivity index (χ4n) is 2.54. The van der Waals surface area contributed by atoms with E-state index in [1.807, 2.05) is 0 Å². The molecule has 2 saturated heterocycles. The molecule has 2 heterocycles. The lowest BCUT2D eigenvalue weighted by molar-refractivity contribution is -0.140. The number of nitrogens with one attached hydrogen (secondary N) is 1. The molecule has 2 unspecified atom stereocenters. The van der Waals surface area contributed by atoms with Crippen molar-refractivity contribution in [3.8, 4) is 0 Å². The van der Waals surface area contributed by atoms with Gasteiger partial charge in [0.05, 0.1) is 6.42 Å². The molecule has 6 heteroatoms. The normalized spacial score (nSPS) is 28.2. The van der Waals surface area contributed by atoms with Crippen LogP contribution in [-0.2, 0) is 14.4 Å². The molecule has 2 N–H and O–H groups in total. The maximum atomic E-state index is 12.1. The second kappa shape index (κ2) is 4.73. The van der Waals surface area contributed by atoms with E-state index in [0.717, 1.165) is 12.8 Å². The third-order valence-electron chi connectivity index (χ3n) is 3.36. The molecule has 17 heavy (non-hydrogen) atoms. The first-order valence-electron chi connectivity index (χ1n) is 5.89. The lowest BCUT2D eigenvalue weighted by atomic mass is 10.1. The highest BCUT2D eigenvalue weighted by Crippen LogP contribution is 2.22. The molecule has 0 radical (unpaired) electrons. The van der Waals surface area contributed by atoms with Crippen LogP contribution in [0.15, 0.2) is 0 Å². The van der Waals surface area contributed by atoms with Gasteiger partial charge in [-0.2, -0.15) is 0 Å². The van der Waals surface area contributed by atoms with E-state index in [-0.39, 0.29) is 24.3 Å². The highest BCUT2D eigenvalue weighted by atomic mass is 16.4. The van der Waals surface area contributed by atoms with Gasteiger partial charge in [-0.05, 0) is 19.3 Å². The van der Waals surface area contributed by atoms with Crippen molar-refractivity contribution in [3.63, 3.8) is 0 Å². The molecular weight excluding hydrogens is 224 g/mol. The zero-order valence-corrected chi connectivity index (χ0v) is 9.52. The molecule has 2 fully saturated rings. The Morgan fingerprint density at radius 1 is 1.41 bits per heavy atom. The van der Waals surface area contributed by atoms with Gasteiger partial charge in [0.25, 0.3) is 0 Å². The van der Waals surface area contributed by atoms with Crippen LogP contribution in [0, 0.1) is 0 Å². The summed E-state index contributed by atoms with van der Waals surface area (Å²) in [5, 5.41) is 11.4. The Balaban J connectivity index is 1.98. The Labute approximate surface area is 99.0 Å². The van der Waals surface area contributed by atoms with Gasteiger partial charge in [-0.25, -0.2) is 0 Å². The molecule has 0 bridgehead atoms. The van der Waals surface area contributed by atoms with Crippen molar-refractivity contribution in [2.24, 2.45) is 0 Å². The van der Waals surface area contributed by atoms with Crippen molar-refractivity contribution in [2.75, 3.05) is 6.54 Å². The average molecular weight is 240 g/mol. The first-order chi connectivity index (χ1) is 8.08. The quantitative estimate of drug-likeness (QED) is 0.711. The summed E-state index contributed by atoms with van der Waals surface area (Å²) >= 11 is 0. The molecule has 0 aliphatic carbocycles. The van der Waals surface area contributed by atoms with Gasteiger partial charge in [-0.1, -0.05) is 0 Å². The molecule has 0 aromatic rings. The summed E-state index contributed by atoms with van der Waals surface area (Å²) in [6.45, 7) is 0.600. The number of aliphatic carboxylic acids is 1. The predicted molar refractivity (Wildman–Crippen MR) is 58.2 cm³/mol. The van der Waals surface area contributed by atoms with E-state index in [4.69, 9.17) is 5.11 Å². The van der Waals surface area contributed by atoms with Crippen LogP contribution in [-0.4, -0.2) is 46.4 Å². The van der Waals surface area contributed by atoms with Gasteiger partial charge in [0.1, 0.15) is 6.04 Å². The van der Waals surface area contributed by atoms with Crippen LogP contribution in [0.3, 0.4) is 0 Å². The Bertz CT molecular complexity index is 355. The summed E-state index contributed by atoms with van der Waals surface area (Å²) in [6.07, 6.45) is 2.47. The highest BCUT2D eigenvalue weighted by Gasteiger charge is 2.36. The number of carboxylic acids is 1. The molecule has 2 atom stereocenters. The number of hydrogen-bond acceptors (Lipinski definition) is 3. The highest BCUT2D eigenvalue weighted by molar-refractivity contribution is 5.91. The maximum Gasteiger partial charge on any atom is 0.305 e. The van der Waals surface area contributed by atoms with Crippen LogP contribution in [0.25, 0.3) is 0 Å². The lowest BCUT2D eigenvalue weighted by Gasteiger charge is -2.26. The molecule has 2 aliphatic rings. The molecule has 2 rings (SSSR count). The number of carbonyl (C=O) groups is 3. The summed E-state index contributed by atoms with van der Waals surface area (Å²) in [4.78, 5) is 35.5. The van der Waals surface area contributed by atoms with Gasteiger partial charge in [-0.3, -0.25) is 14.4 Å². The number of carboxylic acid groups (broad SMARTS) is 1. The van der Waals surface area contributed by atoms with E-state index in [0.29, 0.717) is 19.4 Å². The fraction of sp³-hybridized carbons (Fsp3) is 0.727. The minimum atomic E-state index is -0.884. The van der Waals surface area contributed by atoms with Crippen LogP contribution in [0.2, 0.25) is 0 Å². The smallest absolute Gasteiger partial charge is 0.305 e. The van der Waals surface area contributed by atoms with E-state index < -0.39 is 12.0 Å². The summed E-state index contributed by atoms with van der Waals surface area (Å²) in [6, 6.07) is -0.658. The van der Waals surface area contributed by atoms with E-state index >= 15 is 0 Å². The topological polar surface area (TPSA) is 86.7 Å². The van der Waals surface area contributed by atoms with Crippen LogP contribution in [0.1, 0.15) is 32.1 Å². The van der Waals surface area contributed by atoms with Gasteiger partial charge < -0.3 is 15.3 Å². The summed E-state index contributed by atoms with van der Waals surface area (Å²) in [5.41, 5.74) is 0. The Hall–Kier alpha value is -1.59. The lowest BCUT2D eigenvalue weighted by Crippen LogP contribution is -2.47. The number of amides is 2. The zero-order chi connectivity index (χ0) is 12.4. The van der Waals surface area contributed by atoms with Gasteiger partial charge in [0.2, 0.25) is 11.8 Å². The van der Waals surface area contributed by atoms with E-state index in [1.54, 1.807) is 4.90 Å². The Kier molecular flexibility index (Phi) is 3.31. The van der Waals surface area contributed by atoms with Crippen LogP contribution < -0.4 is 5.32 Å². The molecular formula is C11H16N2O4. The van der Waals surface area contributed by atoms with Crippen LogP contribution in [0.5, 0.6) is 0 Å². The fourth-order valence-corrected chi connectivity index (χ4v) is 2.54. The largest absolute Gasteiger partial charge is 0.481 e. The number of nitrogens with zero attached hydrogens (tertiary/aromatic N) is 1. The number of hydrogen-bond donors (Lipinski definition) is 2. The molecule has 0 spiro atoms. The third kappa shape index (κ3) is 2.57. The van der Waals surface area contributed by atoms with Crippen LogP contribution in [0.4, 0.5) is 0 Å². The first-order valence-corrected chi connectivity index (χ1v) is 5.89. The van der Waals surface area contributed by atoms with Crippen molar-refractivity contribution >= 4 is 17.8 Å². The van der Waals surface area contributed by atoms with Gasteiger partial charge >= 0.3 is 5.97 Å². The van der Waals surface area contributed by atoms with Crippen molar-refractivity contribution in [2.45, 2.75) is 44.2 Å². The Morgan fingerprint density at radius 3 is 2.76 bits per heavy atom. The SMILES string of the molecule is O=C(O)CC1CCCN1C(=O)C1CCC(=O)N1. The summed E-state index contributed by atoms with van der Waals surface area (Å²) < 4.78 is 0. The summed E-state index contributed by atoms with van der Waals surface area (Å²) in [7, 11) is 0. The van der Waals surface area contributed by atoms with Gasteiger partial charge in [-0.15, -0.1) is 0 Å². The van der Waals surface area contributed by atoms with Gasteiger partial charge in [0, 0.05) is 19.0 Å². The predicted octanol–water partition coefficient (Wildman–Crippen LogP) is -0.269. The maximum absolute atomic E-state index is 12.1. The van der Waals surface area contributed by atoms with Crippen LogP contribution >= 0.6 is 0 Å². The molecule has 2 amide bonds. The number of likely N-dealkylation sites (tertiary alicyclic amines) is 1. The zero-order valence-electron chi connectivity index (χ0n) is 9.52. The van der Waals surface area contributed by atoms with Gasteiger partial charge in [0.15, 0.2) is 0 Å². The second-order valence-corrected chi connectivity index (χ2v) is 4.58. The number of rotatable bonds is 3. The monoisotopic (exact) mass is 240 g/mol. The van der Waals surface area contributed by atoms with Crippen molar-refractivity contribution in [1.29, 1.82) is 0 Å². The van der Waals surface area contributed by atoms with Crippen molar-refractivity contribution < 1.29 is 19.5 Å². The van der Waals surface area contributed by atoms with Crippen molar-refractivity contribution in [3.05, 3.63) is 0 Å². The summed E-state index contributed by atoms with van der Waals surface area (Å²) in [5.74, 6) is -1.11. The second-order valence-electron chi connectivity index (χ2n) is 4.58.